The van der Waals surface area contributed by atoms with Crippen molar-refractivity contribution in [1.82, 2.24) is 35.8 Å². The van der Waals surface area contributed by atoms with Gasteiger partial charge in [-0.1, -0.05) is 11.3 Å². The summed E-state index contributed by atoms with van der Waals surface area (Å²) in [6, 6.07) is 6.75. The van der Waals surface area contributed by atoms with Crippen molar-refractivity contribution in [1.29, 1.82) is 0 Å². The highest BCUT2D eigenvalue weighted by molar-refractivity contribution is 6.60. The summed E-state index contributed by atoms with van der Waals surface area (Å²) in [5.41, 5.74) is 1.55. The minimum absolute atomic E-state index is 0.0187. The highest BCUT2D eigenvalue weighted by Crippen LogP contribution is 2.38. The second kappa shape index (κ2) is 13.5. The van der Waals surface area contributed by atoms with Crippen LogP contribution in [0.25, 0.3) is 11.3 Å². The van der Waals surface area contributed by atoms with Gasteiger partial charge in [-0.15, -0.1) is 10.2 Å². The number of amides is 3. The molecule has 0 spiro atoms. The van der Waals surface area contributed by atoms with Gasteiger partial charge in [0, 0.05) is 30.7 Å². The second-order valence-electron chi connectivity index (χ2n) is 10.7. The molecule has 0 bridgehead atoms. The summed E-state index contributed by atoms with van der Waals surface area (Å²) in [7, 11) is 18.2. The second-order valence-corrected chi connectivity index (χ2v) is 10.7. The van der Waals surface area contributed by atoms with Crippen molar-refractivity contribution in [2.75, 3.05) is 30.9 Å². The Labute approximate surface area is 258 Å². The number of hydrogen-bond donors (Lipinski definition) is 4. The predicted octanol–water partition coefficient (Wildman–Crippen LogP) is 0.368. The van der Waals surface area contributed by atoms with Crippen molar-refractivity contribution < 1.29 is 23.9 Å². The van der Waals surface area contributed by atoms with E-state index in [4.69, 9.17) is 33.0 Å². The zero-order valence-electron chi connectivity index (χ0n) is 24.2. The molecule has 1 unspecified atom stereocenters. The van der Waals surface area contributed by atoms with Gasteiger partial charge in [0.25, 0.3) is 5.91 Å². The maximum Gasteiger partial charge on any atom is 0.272 e. The molecule has 3 aromatic rings. The monoisotopic (exact) mass is 593 g/mol. The predicted molar refractivity (Wildman–Crippen MR) is 163 cm³/mol. The number of para-hydroxylation sites is 1. The van der Waals surface area contributed by atoms with E-state index in [2.05, 4.69) is 41.7 Å². The number of hydrogen-bond acceptors (Lipinski definition) is 10. The Morgan fingerprint density at radius 2 is 1.95 bits per heavy atom. The molecule has 44 heavy (non-hydrogen) atoms. The maximum absolute atomic E-state index is 12.9. The standard InChI is InChI=1S/C27H30B3N9O5/c1-43-24-17(20-14-32-39(38-20)10-9-31-22(40)12-16-4-3-11-44-16)5-2-6-18(24)33-19-13-21(34-25(41)15-7-8-15)36-37-23(19)26(42)35-27(28,29)30/h2,5-6,13-16H,3-4,7-12H2,1H3,(H,31,40)(H,35,42)(H2,33,34,36,41). The van der Waals surface area contributed by atoms with Gasteiger partial charge in [0.1, 0.15) is 5.69 Å². The van der Waals surface area contributed by atoms with Gasteiger partial charge in [0.15, 0.2) is 17.3 Å². The zero-order valence-corrected chi connectivity index (χ0v) is 24.2. The van der Waals surface area contributed by atoms with E-state index < -0.39 is 11.1 Å². The van der Waals surface area contributed by atoms with Crippen LogP contribution in [0.1, 0.15) is 42.6 Å². The Balaban J connectivity index is 1.33. The number of aromatic nitrogens is 5. The van der Waals surface area contributed by atoms with Crippen molar-refractivity contribution in [2.24, 2.45) is 5.92 Å². The van der Waals surface area contributed by atoms with Crippen molar-refractivity contribution in [2.45, 2.75) is 50.0 Å². The first kappa shape index (κ1) is 31.0. The van der Waals surface area contributed by atoms with Crippen LogP contribution in [0, 0.1) is 5.92 Å². The molecule has 2 fully saturated rings. The molecule has 1 atom stereocenters. The highest BCUT2D eigenvalue weighted by atomic mass is 16.5. The number of carbonyl (C=O) groups excluding carboxylic acids is 3. The average Bonchev–Trinajstić information content (AvgIpc) is 3.51. The number of nitrogens with one attached hydrogen (secondary N) is 4. The molecule has 17 heteroatoms. The lowest BCUT2D eigenvalue weighted by Crippen LogP contribution is -2.50. The van der Waals surface area contributed by atoms with Crippen LogP contribution in [0.4, 0.5) is 17.2 Å². The number of methoxy groups -OCH3 is 1. The smallest absolute Gasteiger partial charge is 0.272 e. The normalized spacial score (nSPS) is 16.2. The van der Waals surface area contributed by atoms with E-state index in [-0.39, 0.29) is 41.0 Å². The summed E-state index contributed by atoms with van der Waals surface area (Å²) >= 11 is 0. The Bertz CT molecular complexity index is 1520. The summed E-state index contributed by atoms with van der Waals surface area (Å²) in [5.74, 6) is -0.598. The maximum atomic E-state index is 12.9. The fraction of sp³-hybridized carbons (Fsp3) is 0.444. The van der Waals surface area contributed by atoms with E-state index >= 15 is 0 Å². The van der Waals surface area contributed by atoms with Crippen molar-refractivity contribution in [3.8, 4) is 17.0 Å². The molecule has 1 aliphatic carbocycles. The molecule has 1 saturated heterocycles. The Morgan fingerprint density at radius 3 is 2.66 bits per heavy atom. The lowest BCUT2D eigenvalue weighted by Gasteiger charge is -2.23. The third-order valence-electron chi connectivity index (χ3n) is 6.91. The van der Waals surface area contributed by atoms with Gasteiger partial charge in [-0.05, 0) is 37.8 Å². The van der Waals surface area contributed by atoms with Gasteiger partial charge >= 0.3 is 0 Å². The first-order valence-electron chi connectivity index (χ1n) is 14.2. The van der Waals surface area contributed by atoms with E-state index in [0.717, 1.165) is 25.7 Å². The minimum Gasteiger partial charge on any atom is -0.494 e. The number of anilines is 3. The fourth-order valence-corrected chi connectivity index (χ4v) is 4.66. The molecule has 3 amide bonds. The molecule has 4 N–H and O–H groups in total. The first-order chi connectivity index (χ1) is 21.1. The Morgan fingerprint density at radius 1 is 1.14 bits per heavy atom. The van der Waals surface area contributed by atoms with Crippen LogP contribution in [-0.2, 0) is 20.9 Å². The summed E-state index contributed by atoms with van der Waals surface area (Å²) in [4.78, 5) is 38.9. The lowest BCUT2D eigenvalue weighted by molar-refractivity contribution is -0.123. The van der Waals surface area contributed by atoms with Gasteiger partial charge in [-0.25, -0.2) is 0 Å². The summed E-state index contributed by atoms with van der Waals surface area (Å²) in [6.07, 6.45) is 5.38. The summed E-state index contributed by atoms with van der Waals surface area (Å²) < 4.78 is 11.2. The van der Waals surface area contributed by atoms with Crippen LogP contribution in [-0.4, -0.2) is 98.1 Å². The third-order valence-corrected chi connectivity index (χ3v) is 6.91. The molecule has 2 aliphatic rings. The first-order valence-corrected chi connectivity index (χ1v) is 14.2. The molecule has 222 valence electrons. The van der Waals surface area contributed by atoms with Crippen molar-refractivity contribution in [3.63, 3.8) is 0 Å². The van der Waals surface area contributed by atoms with Crippen LogP contribution in [0.5, 0.6) is 5.75 Å². The largest absolute Gasteiger partial charge is 0.494 e. The molecular weight excluding hydrogens is 563 g/mol. The topological polar surface area (TPSA) is 174 Å². The molecule has 6 radical (unpaired) electrons. The molecule has 3 heterocycles. The number of carbonyl (C=O) groups is 3. The van der Waals surface area contributed by atoms with E-state index in [9.17, 15) is 14.4 Å². The SMILES string of the molecule is [B]C([B])([B])NC(=O)c1nnc(NC(=O)C2CC2)cc1Nc1cccc(-c2cnn(CCNC(=O)CC3CCCO3)n2)c1OC. The van der Waals surface area contributed by atoms with E-state index in [1.54, 1.807) is 24.4 Å². The van der Waals surface area contributed by atoms with Crippen LogP contribution in [0.3, 0.4) is 0 Å². The van der Waals surface area contributed by atoms with E-state index in [0.29, 0.717) is 48.8 Å². The molecule has 5 rings (SSSR count). The lowest BCUT2D eigenvalue weighted by atomic mass is 9.49. The van der Waals surface area contributed by atoms with Crippen molar-refractivity contribution >= 4 is 58.5 Å². The molecular formula is C27H30B3N9O5. The average molecular weight is 593 g/mol. The van der Waals surface area contributed by atoms with Gasteiger partial charge in [-0.3, -0.25) is 14.4 Å². The molecule has 1 aromatic carbocycles. The minimum atomic E-state index is -2.01. The highest BCUT2D eigenvalue weighted by Gasteiger charge is 2.30. The van der Waals surface area contributed by atoms with Gasteiger partial charge < -0.3 is 30.7 Å². The Kier molecular flexibility index (Phi) is 9.52. The summed E-state index contributed by atoms with van der Waals surface area (Å²) in [6.45, 7) is 1.41. The number of benzene rings is 1. The molecule has 2 aromatic heterocycles. The van der Waals surface area contributed by atoms with Crippen LogP contribution >= 0.6 is 0 Å². The zero-order chi connectivity index (χ0) is 31.3. The van der Waals surface area contributed by atoms with Gasteiger partial charge in [-0.2, -0.15) is 15.0 Å². The summed E-state index contributed by atoms with van der Waals surface area (Å²) in [5, 5.41) is 25.8. The molecule has 14 nitrogen and oxygen atoms in total. The van der Waals surface area contributed by atoms with E-state index in [1.165, 1.54) is 18.0 Å². The number of ether oxygens (including phenoxy) is 2. The van der Waals surface area contributed by atoms with Gasteiger partial charge in [0.2, 0.25) is 11.8 Å². The third kappa shape index (κ3) is 8.15. The quantitative estimate of drug-likeness (QED) is 0.203. The molecule has 1 saturated carbocycles. The number of nitrogens with zero attached hydrogens (tertiary/aromatic N) is 5. The van der Waals surface area contributed by atoms with E-state index in [1.807, 2.05) is 0 Å². The van der Waals surface area contributed by atoms with Crippen LogP contribution < -0.4 is 26.0 Å². The van der Waals surface area contributed by atoms with Gasteiger partial charge in [0.05, 0.1) is 67.3 Å². The Hall–Kier alpha value is -4.40. The number of rotatable bonds is 13. The van der Waals surface area contributed by atoms with Crippen LogP contribution in [0.2, 0.25) is 0 Å². The molecule has 1 aliphatic heterocycles. The van der Waals surface area contributed by atoms with Crippen molar-refractivity contribution in [3.05, 3.63) is 36.2 Å². The fourth-order valence-electron chi connectivity index (χ4n) is 4.66. The van der Waals surface area contributed by atoms with Crippen LogP contribution in [0.15, 0.2) is 30.5 Å².